The van der Waals surface area contributed by atoms with Crippen LogP contribution < -0.4 is 0 Å². The van der Waals surface area contributed by atoms with Gasteiger partial charge in [0.05, 0.1) is 18.8 Å². The van der Waals surface area contributed by atoms with Crippen LogP contribution in [0.5, 0.6) is 0 Å². The number of amides is 1. The molecule has 0 unspecified atom stereocenters. The van der Waals surface area contributed by atoms with Crippen molar-refractivity contribution in [1.82, 2.24) is 14.9 Å². The summed E-state index contributed by atoms with van der Waals surface area (Å²) in [5.74, 6) is 0.913. The van der Waals surface area contributed by atoms with Crippen molar-refractivity contribution in [3.05, 3.63) is 59.2 Å². The highest BCUT2D eigenvalue weighted by atomic mass is 16.5. The zero-order valence-corrected chi connectivity index (χ0v) is 14.2. The highest BCUT2D eigenvalue weighted by Crippen LogP contribution is 2.22. The van der Waals surface area contributed by atoms with E-state index in [1.165, 1.54) is 5.56 Å². The molecule has 0 aliphatic carbocycles. The molecule has 2 aromatic rings. The largest absolute Gasteiger partial charge is 0.368 e. The molecule has 1 aromatic heterocycles. The molecule has 24 heavy (non-hydrogen) atoms. The molecule has 0 saturated carbocycles. The normalized spacial score (nSPS) is 17.8. The second-order valence-electron chi connectivity index (χ2n) is 6.17. The minimum atomic E-state index is -0.167. The van der Waals surface area contributed by atoms with Gasteiger partial charge in [0.15, 0.2) is 0 Å². The number of hydrogen-bond acceptors (Lipinski definition) is 4. The fourth-order valence-corrected chi connectivity index (χ4v) is 3.02. The predicted molar refractivity (Wildman–Crippen MR) is 91.5 cm³/mol. The number of carbonyl (C=O) groups excluding carboxylic acids is 1. The van der Waals surface area contributed by atoms with Gasteiger partial charge in [-0.15, -0.1) is 0 Å². The molecule has 1 aromatic carbocycles. The lowest BCUT2D eigenvalue weighted by Crippen LogP contribution is -2.42. The summed E-state index contributed by atoms with van der Waals surface area (Å²) in [4.78, 5) is 23.2. The molecule has 0 radical (unpaired) electrons. The van der Waals surface area contributed by atoms with E-state index >= 15 is 0 Å². The van der Waals surface area contributed by atoms with Gasteiger partial charge in [0.25, 0.3) is 0 Å². The van der Waals surface area contributed by atoms with Crippen LogP contribution in [-0.4, -0.2) is 40.5 Å². The number of benzene rings is 1. The first-order chi connectivity index (χ1) is 11.6. The van der Waals surface area contributed by atoms with Gasteiger partial charge in [0.2, 0.25) is 5.91 Å². The van der Waals surface area contributed by atoms with Crippen molar-refractivity contribution in [3.63, 3.8) is 0 Å². The summed E-state index contributed by atoms with van der Waals surface area (Å²) < 4.78 is 5.83. The third kappa shape index (κ3) is 4.17. The summed E-state index contributed by atoms with van der Waals surface area (Å²) in [5.41, 5.74) is 2.98. The lowest BCUT2D eigenvalue weighted by Gasteiger charge is -2.33. The van der Waals surface area contributed by atoms with Gasteiger partial charge in [-0.25, -0.2) is 9.97 Å². The van der Waals surface area contributed by atoms with Crippen LogP contribution in [0, 0.1) is 13.8 Å². The van der Waals surface area contributed by atoms with Gasteiger partial charge < -0.3 is 9.64 Å². The first-order valence-electron chi connectivity index (χ1n) is 8.37. The molecule has 0 N–H and O–H groups in total. The Kier molecular flexibility index (Phi) is 5.20. The highest BCUT2D eigenvalue weighted by Gasteiger charge is 2.26. The van der Waals surface area contributed by atoms with Gasteiger partial charge >= 0.3 is 0 Å². The van der Waals surface area contributed by atoms with Crippen LogP contribution in [0.15, 0.2) is 36.4 Å². The quantitative estimate of drug-likeness (QED) is 0.867. The topological polar surface area (TPSA) is 55.3 Å². The van der Waals surface area contributed by atoms with Crippen LogP contribution in [0.3, 0.4) is 0 Å². The van der Waals surface area contributed by atoms with Crippen LogP contribution in [0.2, 0.25) is 0 Å². The van der Waals surface area contributed by atoms with Crippen LogP contribution >= 0.6 is 0 Å². The zero-order chi connectivity index (χ0) is 16.9. The Morgan fingerprint density at radius 1 is 1.25 bits per heavy atom. The average Bonchev–Trinajstić information content (AvgIpc) is 2.60. The fraction of sp³-hybridized carbons (Fsp3) is 0.421. The first kappa shape index (κ1) is 16.6. The van der Waals surface area contributed by atoms with Crippen molar-refractivity contribution in [3.8, 4) is 0 Å². The lowest BCUT2D eigenvalue weighted by molar-refractivity contribution is -0.139. The molecular weight excluding hydrogens is 302 g/mol. The van der Waals surface area contributed by atoms with E-state index in [9.17, 15) is 4.79 Å². The number of hydrogen-bond donors (Lipinski definition) is 0. The van der Waals surface area contributed by atoms with E-state index in [2.05, 4.69) is 22.1 Å². The number of nitrogens with zero attached hydrogens (tertiary/aromatic N) is 3. The molecule has 5 heteroatoms. The third-order valence-electron chi connectivity index (χ3n) is 4.21. The summed E-state index contributed by atoms with van der Waals surface area (Å²) in [6.07, 6.45) is 1.13. The second kappa shape index (κ2) is 7.53. The molecular formula is C19H23N3O2. The summed E-state index contributed by atoms with van der Waals surface area (Å²) >= 11 is 0. The maximum absolute atomic E-state index is 12.5. The number of morpholine rings is 1. The SMILES string of the molecule is Cc1cc([C@H]2CN(C(=O)CCc3ccccc3)CCO2)nc(C)n1. The Balaban J connectivity index is 1.61. The van der Waals surface area contributed by atoms with E-state index in [4.69, 9.17) is 4.74 Å². The Labute approximate surface area is 142 Å². The van der Waals surface area contributed by atoms with Crippen LogP contribution in [0.25, 0.3) is 0 Å². The van der Waals surface area contributed by atoms with E-state index in [1.807, 2.05) is 43.0 Å². The number of rotatable bonds is 4. The Bertz CT molecular complexity index is 683. The molecule has 1 aliphatic rings. The molecule has 5 nitrogen and oxygen atoms in total. The second-order valence-corrected chi connectivity index (χ2v) is 6.17. The monoisotopic (exact) mass is 325 g/mol. The van der Waals surface area contributed by atoms with Gasteiger partial charge in [-0.3, -0.25) is 4.79 Å². The average molecular weight is 325 g/mol. The van der Waals surface area contributed by atoms with Crippen molar-refractivity contribution in [2.45, 2.75) is 32.8 Å². The molecule has 3 rings (SSSR count). The van der Waals surface area contributed by atoms with E-state index in [0.29, 0.717) is 26.1 Å². The number of ether oxygens (including phenoxy) is 1. The number of aryl methyl sites for hydroxylation is 3. The van der Waals surface area contributed by atoms with Crippen LogP contribution in [0.4, 0.5) is 0 Å². The Hall–Kier alpha value is -2.27. The maximum Gasteiger partial charge on any atom is 0.223 e. The number of aromatic nitrogens is 2. The van der Waals surface area contributed by atoms with E-state index in [1.54, 1.807) is 0 Å². The standard InChI is InChI=1S/C19H23N3O2/c1-14-12-17(21-15(2)20-14)18-13-22(10-11-24-18)19(23)9-8-16-6-4-3-5-7-16/h3-7,12,18H,8-11,13H2,1-2H3/t18-/m1/s1. The van der Waals surface area contributed by atoms with Crippen molar-refractivity contribution in [2.75, 3.05) is 19.7 Å². The van der Waals surface area contributed by atoms with Crippen molar-refractivity contribution >= 4 is 5.91 Å². The van der Waals surface area contributed by atoms with Crippen molar-refractivity contribution < 1.29 is 9.53 Å². The molecule has 0 spiro atoms. The van der Waals surface area contributed by atoms with Gasteiger partial charge in [0.1, 0.15) is 11.9 Å². The van der Waals surface area contributed by atoms with E-state index in [-0.39, 0.29) is 12.0 Å². The minimum absolute atomic E-state index is 0.167. The van der Waals surface area contributed by atoms with Crippen molar-refractivity contribution in [1.29, 1.82) is 0 Å². The summed E-state index contributed by atoms with van der Waals surface area (Å²) in [5, 5.41) is 0. The molecule has 1 saturated heterocycles. The van der Waals surface area contributed by atoms with Gasteiger partial charge in [-0.2, -0.15) is 0 Å². The number of carbonyl (C=O) groups is 1. The van der Waals surface area contributed by atoms with Gasteiger partial charge in [-0.1, -0.05) is 30.3 Å². The van der Waals surface area contributed by atoms with Crippen LogP contribution in [-0.2, 0) is 16.0 Å². The van der Waals surface area contributed by atoms with E-state index < -0.39 is 0 Å². The summed E-state index contributed by atoms with van der Waals surface area (Å²) in [6.45, 7) is 5.58. The molecule has 1 aliphatic heterocycles. The predicted octanol–water partition coefficient (Wildman–Crippen LogP) is 2.63. The van der Waals surface area contributed by atoms with E-state index in [0.717, 1.165) is 23.6 Å². The fourth-order valence-electron chi connectivity index (χ4n) is 3.02. The molecule has 2 heterocycles. The van der Waals surface area contributed by atoms with Crippen molar-refractivity contribution in [2.24, 2.45) is 0 Å². The minimum Gasteiger partial charge on any atom is -0.368 e. The Morgan fingerprint density at radius 3 is 2.79 bits per heavy atom. The summed E-state index contributed by atoms with van der Waals surface area (Å²) in [7, 11) is 0. The van der Waals surface area contributed by atoms with Crippen LogP contribution in [0.1, 0.15) is 35.3 Å². The molecule has 1 amide bonds. The third-order valence-corrected chi connectivity index (χ3v) is 4.21. The molecule has 1 atom stereocenters. The molecule has 126 valence electrons. The highest BCUT2D eigenvalue weighted by molar-refractivity contribution is 5.76. The zero-order valence-electron chi connectivity index (χ0n) is 14.2. The smallest absolute Gasteiger partial charge is 0.223 e. The maximum atomic E-state index is 12.5. The first-order valence-corrected chi connectivity index (χ1v) is 8.37. The lowest BCUT2D eigenvalue weighted by atomic mass is 10.1. The summed E-state index contributed by atoms with van der Waals surface area (Å²) in [6, 6.07) is 12.1. The molecule has 1 fully saturated rings. The van der Waals surface area contributed by atoms with Gasteiger partial charge in [0, 0.05) is 18.7 Å². The Morgan fingerprint density at radius 2 is 2.04 bits per heavy atom. The van der Waals surface area contributed by atoms with Gasteiger partial charge in [-0.05, 0) is 31.9 Å². The molecule has 0 bridgehead atoms.